The summed E-state index contributed by atoms with van der Waals surface area (Å²) in [5.74, 6) is 0.131. The van der Waals surface area contributed by atoms with Crippen LogP contribution in [0, 0.1) is 0 Å². The molecular formula is C13H18N2OS. The minimum atomic E-state index is 0.0282. The molecule has 1 amide bonds. The zero-order chi connectivity index (χ0) is 12.3. The van der Waals surface area contributed by atoms with Crippen LogP contribution in [0.4, 0.5) is 0 Å². The normalized spacial score (nSPS) is 19.8. The van der Waals surface area contributed by atoms with Gasteiger partial charge in [0.25, 0.3) is 0 Å². The third kappa shape index (κ3) is 3.23. The van der Waals surface area contributed by atoms with Gasteiger partial charge in [-0.15, -0.1) is 11.8 Å². The SMILES string of the molecule is CC(N)CCNC(=O)C1Cc2ccccc2S1. The number of rotatable bonds is 4. The van der Waals surface area contributed by atoms with Crippen molar-refractivity contribution in [3.63, 3.8) is 0 Å². The summed E-state index contributed by atoms with van der Waals surface area (Å²) in [7, 11) is 0. The summed E-state index contributed by atoms with van der Waals surface area (Å²) in [5.41, 5.74) is 6.93. The van der Waals surface area contributed by atoms with Gasteiger partial charge in [-0.1, -0.05) is 18.2 Å². The molecule has 2 rings (SSSR count). The third-order valence-corrected chi connectivity index (χ3v) is 4.16. The minimum absolute atomic E-state index is 0.0282. The van der Waals surface area contributed by atoms with E-state index in [0.717, 1.165) is 12.8 Å². The monoisotopic (exact) mass is 250 g/mol. The highest BCUT2D eigenvalue weighted by Gasteiger charge is 2.27. The van der Waals surface area contributed by atoms with Crippen LogP contribution in [0.15, 0.2) is 29.2 Å². The fraction of sp³-hybridized carbons (Fsp3) is 0.462. The molecule has 17 heavy (non-hydrogen) atoms. The number of fused-ring (bicyclic) bond motifs is 1. The molecule has 1 aliphatic rings. The van der Waals surface area contributed by atoms with Crippen LogP contribution in [0.1, 0.15) is 18.9 Å². The maximum Gasteiger partial charge on any atom is 0.233 e. The standard InChI is InChI=1S/C13H18N2OS/c1-9(14)6-7-15-13(16)12-8-10-4-2-3-5-11(10)17-12/h2-5,9,12H,6-8,14H2,1H3,(H,15,16). The summed E-state index contributed by atoms with van der Waals surface area (Å²) in [4.78, 5) is 13.2. The average molecular weight is 250 g/mol. The van der Waals surface area contributed by atoms with Crippen molar-refractivity contribution in [2.45, 2.75) is 36.0 Å². The lowest BCUT2D eigenvalue weighted by atomic mass is 10.1. The first-order chi connectivity index (χ1) is 8.16. The molecule has 0 saturated carbocycles. The molecule has 0 aliphatic carbocycles. The number of nitrogens with one attached hydrogen (secondary N) is 1. The number of hydrogen-bond donors (Lipinski definition) is 2. The molecule has 0 saturated heterocycles. The van der Waals surface area contributed by atoms with Crippen molar-refractivity contribution in [2.24, 2.45) is 5.73 Å². The lowest BCUT2D eigenvalue weighted by molar-refractivity contribution is -0.120. The third-order valence-electron chi connectivity index (χ3n) is 2.84. The summed E-state index contributed by atoms with van der Waals surface area (Å²) in [5, 5.41) is 2.98. The molecule has 4 heteroatoms. The van der Waals surface area contributed by atoms with Crippen molar-refractivity contribution in [1.82, 2.24) is 5.32 Å². The zero-order valence-corrected chi connectivity index (χ0v) is 10.8. The van der Waals surface area contributed by atoms with Gasteiger partial charge in [-0.3, -0.25) is 4.79 Å². The van der Waals surface area contributed by atoms with Gasteiger partial charge in [0.2, 0.25) is 5.91 Å². The largest absolute Gasteiger partial charge is 0.355 e. The Hall–Kier alpha value is -1.00. The lowest BCUT2D eigenvalue weighted by Gasteiger charge is -2.10. The fourth-order valence-corrected chi connectivity index (χ4v) is 3.08. The first kappa shape index (κ1) is 12.5. The number of benzene rings is 1. The van der Waals surface area contributed by atoms with E-state index in [4.69, 9.17) is 5.73 Å². The molecule has 2 unspecified atom stereocenters. The Labute approximate surface area is 106 Å². The molecular weight excluding hydrogens is 232 g/mol. The summed E-state index contributed by atoms with van der Waals surface area (Å²) in [6.45, 7) is 2.62. The van der Waals surface area contributed by atoms with Gasteiger partial charge in [-0.2, -0.15) is 0 Å². The van der Waals surface area contributed by atoms with Gasteiger partial charge in [0.15, 0.2) is 0 Å². The lowest BCUT2D eigenvalue weighted by Crippen LogP contribution is -2.35. The van der Waals surface area contributed by atoms with E-state index in [2.05, 4.69) is 17.4 Å². The fourth-order valence-electron chi connectivity index (χ4n) is 1.87. The Bertz CT molecular complexity index is 381. The van der Waals surface area contributed by atoms with Crippen LogP contribution in [0.25, 0.3) is 0 Å². The average Bonchev–Trinajstić information content (AvgIpc) is 2.71. The van der Waals surface area contributed by atoms with E-state index in [1.807, 2.05) is 19.1 Å². The van der Waals surface area contributed by atoms with Crippen LogP contribution in [-0.4, -0.2) is 23.7 Å². The molecule has 3 N–H and O–H groups in total. The molecule has 1 heterocycles. The van der Waals surface area contributed by atoms with Crippen molar-refractivity contribution in [3.8, 4) is 0 Å². The van der Waals surface area contributed by atoms with E-state index in [1.54, 1.807) is 11.8 Å². The van der Waals surface area contributed by atoms with E-state index >= 15 is 0 Å². The van der Waals surface area contributed by atoms with Crippen LogP contribution in [-0.2, 0) is 11.2 Å². The van der Waals surface area contributed by atoms with Crippen molar-refractivity contribution in [2.75, 3.05) is 6.54 Å². The molecule has 0 bridgehead atoms. The Morgan fingerprint density at radius 1 is 1.59 bits per heavy atom. The molecule has 0 aromatic heterocycles. The molecule has 0 spiro atoms. The maximum absolute atomic E-state index is 11.9. The quantitative estimate of drug-likeness (QED) is 0.852. The van der Waals surface area contributed by atoms with E-state index in [9.17, 15) is 4.79 Å². The van der Waals surface area contributed by atoms with Crippen molar-refractivity contribution >= 4 is 17.7 Å². The second kappa shape index (κ2) is 5.56. The Balaban J connectivity index is 1.84. The van der Waals surface area contributed by atoms with Gasteiger partial charge in [0, 0.05) is 17.5 Å². The molecule has 0 fully saturated rings. The second-order valence-corrected chi connectivity index (χ2v) is 5.72. The summed E-state index contributed by atoms with van der Waals surface area (Å²) < 4.78 is 0. The highest BCUT2D eigenvalue weighted by Crippen LogP contribution is 2.36. The molecule has 0 radical (unpaired) electrons. The van der Waals surface area contributed by atoms with Gasteiger partial charge in [0.05, 0.1) is 5.25 Å². The van der Waals surface area contributed by atoms with E-state index in [0.29, 0.717) is 6.54 Å². The van der Waals surface area contributed by atoms with Gasteiger partial charge < -0.3 is 11.1 Å². The van der Waals surface area contributed by atoms with Crippen LogP contribution < -0.4 is 11.1 Å². The van der Waals surface area contributed by atoms with Crippen LogP contribution in [0.2, 0.25) is 0 Å². The summed E-state index contributed by atoms with van der Waals surface area (Å²) in [6, 6.07) is 8.36. The van der Waals surface area contributed by atoms with Crippen LogP contribution in [0.3, 0.4) is 0 Å². The topological polar surface area (TPSA) is 55.1 Å². The zero-order valence-electron chi connectivity index (χ0n) is 9.98. The predicted octanol–water partition coefficient (Wildman–Crippen LogP) is 1.56. The highest BCUT2D eigenvalue weighted by atomic mass is 32.2. The molecule has 2 atom stereocenters. The first-order valence-corrected chi connectivity index (χ1v) is 6.82. The number of hydrogen-bond acceptors (Lipinski definition) is 3. The van der Waals surface area contributed by atoms with E-state index in [-0.39, 0.29) is 17.2 Å². The number of carbonyl (C=O) groups excluding carboxylic acids is 1. The van der Waals surface area contributed by atoms with Gasteiger partial charge >= 0.3 is 0 Å². The minimum Gasteiger partial charge on any atom is -0.355 e. The number of carbonyl (C=O) groups is 1. The smallest absolute Gasteiger partial charge is 0.233 e. The maximum atomic E-state index is 11.9. The Morgan fingerprint density at radius 3 is 3.06 bits per heavy atom. The first-order valence-electron chi connectivity index (χ1n) is 5.94. The van der Waals surface area contributed by atoms with Crippen molar-refractivity contribution in [3.05, 3.63) is 29.8 Å². The predicted molar refractivity (Wildman–Crippen MR) is 71.1 cm³/mol. The van der Waals surface area contributed by atoms with E-state index in [1.165, 1.54) is 10.5 Å². The molecule has 3 nitrogen and oxygen atoms in total. The van der Waals surface area contributed by atoms with Gasteiger partial charge in [-0.05, 0) is 31.4 Å². The van der Waals surface area contributed by atoms with E-state index < -0.39 is 0 Å². The number of nitrogens with two attached hydrogens (primary N) is 1. The molecule has 92 valence electrons. The molecule has 1 aliphatic heterocycles. The van der Waals surface area contributed by atoms with Crippen LogP contribution in [0.5, 0.6) is 0 Å². The summed E-state index contributed by atoms with van der Waals surface area (Å²) >= 11 is 1.66. The molecule has 1 aromatic carbocycles. The van der Waals surface area contributed by atoms with Crippen molar-refractivity contribution < 1.29 is 4.79 Å². The second-order valence-electron chi connectivity index (χ2n) is 4.48. The number of thioether (sulfide) groups is 1. The highest BCUT2D eigenvalue weighted by molar-refractivity contribution is 8.01. The molecule has 1 aromatic rings. The Morgan fingerprint density at radius 2 is 2.35 bits per heavy atom. The van der Waals surface area contributed by atoms with Crippen LogP contribution >= 0.6 is 11.8 Å². The van der Waals surface area contributed by atoms with Gasteiger partial charge in [0.1, 0.15) is 0 Å². The Kier molecular flexibility index (Phi) is 4.07. The van der Waals surface area contributed by atoms with Crippen molar-refractivity contribution in [1.29, 1.82) is 0 Å². The number of amides is 1. The van der Waals surface area contributed by atoms with Gasteiger partial charge in [-0.25, -0.2) is 0 Å². The summed E-state index contributed by atoms with van der Waals surface area (Å²) in [6.07, 6.45) is 1.67.